The Bertz CT molecular complexity index is 984. The van der Waals surface area contributed by atoms with Crippen LogP contribution in [0.15, 0.2) is 72.1 Å². The molecule has 0 bridgehead atoms. The molecule has 0 aliphatic carbocycles. The Hall–Kier alpha value is -2.76. The Kier molecular flexibility index (Phi) is 5.11. The second kappa shape index (κ2) is 7.70. The molecule has 0 saturated carbocycles. The van der Waals surface area contributed by atoms with Crippen LogP contribution in [0.3, 0.4) is 0 Å². The van der Waals surface area contributed by atoms with Crippen molar-refractivity contribution in [1.29, 1.82) is 0 Å². The third-order valence-corrected chi connectivity index (χ3v) is 6.05. The van der Waals surface area contributed by atoms with Crippen LogP contribution in [0, 0.1) is 0 Å². The minimum Gasteiger partial charge on any atom is -0.375 e. The number of rotatable bonds is 7. The third kappa shape index (κ3) is 3.39. The van der Waals surface area contributed by atoms with E-state index in [-0.39, 0.29) is 12.2 Å². The van der Waals surface area contributed by atoms with Gasteiger partial charge in [0.2, 0.25) is 0 Å². The van der Waals surface area contributed by atoms with E-state index < -0.39 is 11.5 Å². The Balaban J connectivity index is 1.54. The average Bonchev–Trinajstić information content (AvgIpc) is 3.32. The molecule has 2 heterocycles. The number of aliphatic hydroxyl groups is 1. The first-order chi connectivity index (χ1) is 13.6. The van der Waals surface area contributed by atoms with Crippen LogP contribution in [-0.4, -0.2) is 23.3 Å². The highest BCUT2D eigenvalue weighted by Gasteiger charge is 2.50. The smallest absolute Gasteiger partial charge is 0.264 e. The van der Waals surface area contributed by atoms with Gasteiger partial charge in [-0.3, -0.25) is 9.59 Å². The number of benzene rings is 2. The lowest BCUT2D eigenvalue weighted by molar-refractivity contribution is -0.135. The van der Waals surface area contributed by atoms with E-state index in [4.69, 9.17) is 0 Å². The number of anilines is 1. The molecule has 3 aromatic rings. The van der Waals surface area contributed by atoms with Gasteiger partial charge >= 0.3 is 0 Å². The van der Waals surface area contributed by atoms with E-state index >= 15 is 0 Å². The molecule has 1 amide bonds. The lowest BCUT2D eigenvalue weighted by atomic mass is 9.89. The number of para-hydroxylation sites is 1. The van der Waals surface area contributed by atoms with Crippen LogP contribution in [0.4, 0.5) is 5.69 Å². The molecular weight excluding hydrogens is 370 g/mol. The molecule has 1 aliphatic rings. The lowest BCUT2D eigenvalue weighted by Crippen LogP contribution is -2.42. The molecule has 28 heavy (non-hydrogen) atoms. The maximum Gasteiger partial charge on any atom is 0.264 e. The van der Waals surface area contributed by atoms with E-state index in [0.29, 0.717) is 22.7 Å². The normalized spacial score (nSPS) is 18.3. The van der Waals surface area contributed by atoms with Crippen LogP contribution >= 0.6 is 11.3 Å². The van der Waals surface area contributed by atoms with Crippen molar-refractivity contribution in [3.05, 3.63) is 88.1 Å². The van der Waals surface area contributed by atoms with E-state index in [1.165, 1.54) is 16.9 Å². The second-order valence-electron chi connectivity index (χ2n) is 7.00. The van der Waals surface area contributed by atoms with Crippen molar-refractivity contribution in [3.63, 3.8) is 0 Å². The molecule has 1 N–H and O–H groups in total. The number of hydrogen-bond donors (Lipinski definition) is 1. The summed E-state index contributed by atoms with van der Waals surface area (Å²) in [6.07, 6.45) is 1.39. The number of thiophene rings is 1. The molecular formula is C23H21NO3S. The van der Waals surface area contributed by atoms with E-state index in [1.807, 2.05) is 35.7 Å². The number of amides is 1. The van der Waals surface area contributed by atoms with Crippen molar-refractivity contribution in [3.8, 4) is 0 Å². The highest BCUT2D eigenvalue weighted by atomic mass is 32.1. The van der Waals surface area contributed by atoms with E-state index in [2.05, 4.69) is 12.1 Å². The summed E-state index contributed by atoms with van der Waals surface area (Å²) < 4.78 is 0. The van der Waals surface area contributed by atoms with Crippen molar-refractivity contribution < 1.29 is 14.7 Å². The van der Waals surface area contributed by atoms with Crippen molar-refractivity contribution in [1.82, 2.24) is 0 Å². The summed E-state index contributed by atoms with van der Waals surface area (Å²) in [5.74, 6) is -0.626. The summed E-state index contributed by atoms with van der Waals surface area (Å²) in [4.78, 5) is 27.9. The molecule has 0 spiro atoms. The standard InChI is InChI=1S/C23H21NO3S/c25-20(21-13-7-15-28-21)16-23(27)18-11-4-5-12-19(18)24(22(23)26)14-6-10-17-8-2-1-3-9-17/h1-5,7-9,11-13,15,27H,6,10,14,16H2. The van der Waals surface area contributed by atoms with Crippen LogP contribution in [0.5, 0.6) is 0 Å². The Morgan fingerprint density at radius 1 is 1.00 bits per heavy atom. The number of aryl methyl sites for hydroxylation is 1. The van der Waals surface area contributed by atoms with Crippen molar-refractivity contribution in [2.24, 2.45) is 0 Å². The van der Waals surface area contributed by atoms with Gasteiger partial charge in [-0.15, -0.1) is 11.3 Å². The predicted molar refractivity (Wildman–Crippen MR) is 111 cm³/mol. The zero-order valence-electron chi connectivity index (χ0n) is 15.4. The van der Waals surface area contributed by atoms with Gasteiger partial charge in [0.1, 0.15) is 0 Å². The number of carbonyl (C=O) groups is 2. The first-order valence-electron chi connectivity index (χ1n) is 9.34. The van der Waals surface area contributed by atoms with E-state index in [0.717, 1.165) is 12.8 Å². The first-order valence-corrected chi connectivity index (χ1v) is 10.2. The van der Waals surface area contributed by atoms with Gasteiger partial charge in [-0.05, 0) is 35.9 Å². The zero-order valence-corrected chi connectivity index (χ0v) is 16.2. The Labute approximate surface area is 168 Å². The molecule has 4 rings (SSSR count). The molecule has 4 nitrogen and oxygen atoms in total. The number of hydrogen-bond acceptors (Lipinski definition) is 4. The Morgan fingerprint density at radius 3 is 2.50 bits per heavy atom. The summed E-state index contributed by atoms with van der Waals surface area (Å²) in [5.41, 5.74) is 0.627. The summed E-state index contributed by atoms with van der Waals surface area (Å²) in [5, 5.41) is 13.1. The maximum absolute atomic E-state index is 13.2. The van der Waals surface area contributed by atoms with Crippen LogP contribution in [0.2, 0.25) is 0 Å². The van der Waals surface area contributed by atoms with Gasteiger partial charge < -0.3 is 10.0 Å². The summed E-state index contributed by atoms with van der Waals surface area (Å²) in [7, 11) is 0. The molecule has 0 saturated heterocycles. The summed E-state index contributed by atoms with van der Waals surface area (Å²) in [6.45, 7) is 0.500. The monoisotopic (exact) mass is 391 g/mol. The van der Waals surface area contributed by atoms with Crippen molar-refractivity contribution in [2.75, 3.05) is 11.4 Å². The second-order valence-corrected chi connectivity index (χ2v) is 7.95. The molecule has 0 fully saturated rings. The fourth-order valence-electron chi connectivity index (χ4n) is 3.74. The van der Waals surface area contributed by atoms with Gasteiger partial charge in [0.15, 0.2) is 11.4 Å². The maximum atomic E-state index is 13.2. The number of nitrogens with zero attached hydrogens (tertiary/aromatic N) is 1. The highest BCUT2D eigenvalue weighted by Crippen LogP contribution is 2.43. The predicted octanol–water partition coefficient (Wildman–Crippen LogP) is 4.19. The quantitative estimate of drug-likeness (QED) is 0.615. The van der Waals surface area contributed by atoms with Crippen LogP contribution in [-0.2, 0) is 16.8 Å². The van der Waals surface area contributed by atoms with Gasteiger partial charge in [-0.2, -0.15) is 0 Å². The van der Waals surface area contributed by atoms with Gasteiger partial charge in [0, 0.05) is 12.1 Å². The van der Waals surface area contributed by atoms with Gasteiger partial charge in [-0.25, -0.2) is 0 Å². The number of carbonyl (C=O) groups excluding carboxylic acids is 2. The topological polar surface area (TPSA) is 57.6 Å². The van der Waals surface area contributed by atoms with Gasteiger partial charge in [0.25, 0.3) is 5.91 Å². The molecule has 1 atom stereocenters. The van der Waals surface area contributed by atoms with E-state index in [9.17, 15) is 14.7 Å². The lowest BCUT2D eigenvalue weighted by Gasteiger charge is -2.22. The third-order valence-electron chi connectivity index (χ3n) is 5.14. The zero-order chi connectivity index (χ0) is 19.6. The fraction of sp³-hybridized carbons (Fsp3) is 0.217. The molecule has 0 radical (unpaired) electrons. The highest BCUT2D eigenvalue weighted by molar-refractivity contribution is 7.12. The number of fused-ring (bicyclic) bond motifs is 1. The summed E-state index contributed by atoms with van der Waals surface area (Å²) in [6, 6.07) is 20.8. The van der Waals surface area contributed by atoms with Crippen LogP contribution in [0.1, 0.15) is 33.6 Å². The van der Waals surface area contributed by atoms with Crippen molar-refractivity contribution in [2.45, 2.75) is 24.9 Å². The van der Waals surface area contributed by atoms with Gasteiger partial charge in [0.05, 0.1) is 17.0 Å². The first kappa shape index (κ1) is 18.6. The van der Waals surface area contributed by atoms with Crippen molar-refractivity contribution >= 4 is 28.7 Å². The van der Waals surface area contributed by atoms with E-state index in [1.54, 1.807) is 29.2 Å². The minimum absolute atomic E-state index is 0.216. The molecule has 1 aromatic heterocycles. The molecule has 142 valence electrons. The number of Topliss-reactive ketones (excluding diaryl/α,β-unsaturated/α-hetero) is 1. The molecule has 1 unspecified atom stereocenters. The SMILES string of the molecule is O=C(CC1(O)C(=O)N(CCCc2ccccc2)c2ccccc21)c1cccs1. The van der Waals surface area contributed by atoms with Gasteiger partial charge in [-0.1, -0.05) is 54.6 Å². The largest absolute Gasteiger partial charge is 0.375 e. The fourth-order valence-corrected chi connectivity index (χ4v) is 4.41. The van der Waals surface area contributed by atoms with Crippen LogP contribution in [0.25, 0.3) is 0 Å². The summed E-state index contributed by atoms with van der Waals surface area (Å²) >= 11 is 1.32. The minimum atomic E-state index is -1.80. The molecule has 2 aromatic carbocycles. The van der Waals surface area contributed by atoms with Crippen LogP contribution < -0.4 is 4.90 Å². The average molecular weight is 391 g/mol. The Morgan fingerprint density at radius 2 is 1.75 bits per heavy atom. The molecule has 5 heteroatoms. The number of ketones is 1. The molecule has 1 aliphatic heterocycles.